The fraction of sp³-hybridized carbons (Fsp3) is 0.571. The lowest BCUT2D eigenvalue weighted by molar-refractivity contribution is -0.161. The number of amides is 1. The van der Waals surface area contributed by atoms with Crippen LogP contribution in [-0.2, 0) is 30.4 Å². The van der Waals surface area contributed by atoms with E-state index in [0.717, 1.165) is 5.56 Å². The fourth-order valence-electron chi connectivity index (χ4n) is 3.17. The zero-order valence-electron chi connectivity index (χ0n) is 17.0. The molecular formula is C21H29NO6. The van der Waals surface area contributed by atoms with Crippen LogP contribution >= 0.6 is 0 Å². The van der Waals surface area contributed by atoms with Gasteiger partial charge in [-0.1, -0.05) is 30.3 Å². The Morgan fingerprint density at radius 1 is 1.07 bits per heavy atom. The first-order valence-electron chi connectivity index (χ1n) is 9.58. The monoisotopic (exact) mass is 391 g/mol. The second-order valence-electron chi connectivity index (χ2n) is 7.74. The summed E-state index contributed by atoms with van der Waals surface area (Å²) in [5.41, 5.74) is 0.168. The van der Waals surface area contributed by atoms with Crippen molar-refractivity contribution in [3.05, 3.63) is 35.9 Å². The molecule has 7 nitrogen and oxygen atoms in total. The van der Waals surface area contributed by atoms with Gasteiger partial charge in [-0.25, -0.2) is 9.59 Å². The lowest BCUT2D eigenvalue weighted by atomic mass is 10.1. The van der Waals surface area contributed by atoms with Crippen molar-refractivity contribution in [1.82, 2.24) is 4.90 Å². The molecule has 0 unspecified atom stereocenters. The van der Waals surface area contributed by atoms with Gasteiger partial charge in [-0.3, -0.25) is 9.69 Å². The summed E-state index contributed by atoms with van der Waals surface area (Å²) < 4.78 is 15.9. The maximum atomic E-state index is 12.8. The largest absolute Gasteiger partial charge is 0.466 e. The SMILES string of the molecule is CCOC(=O)C[C@H]1CC[C@@H](C(=O)OC(C)(C)C)N1C(=O)OCc1ccccc1. The van der Waals surface area contributed by atoms with E-state index in [4.69, 9.17) is 14.2 Å². The molecule has 1 heterocycles. The molecule has 0 radical (unpaired) electrons. The molecule has 1 aliphatic heterocycles. The van der Waals surface area contributed by atoms with Crippen LogP contribution in [0.2, 0.25) is 0 Å². The van der Waals surface area contributed by atoms with Gasteiger partial charge in [0.25, 0.3) is 0 Å². The molecule has 28 heavy (non-hydrogen) atoms. The molecular weight excluding hydrogens is 362 g/mol. The molecule has 1 aromatic carbocycles. The smallest absolute Gasteiger partial charge is 0.411 e. The zero-order valence-corrected chi connectivity index (χ0v) is 17.0. The summed E-state index contributed by atoms with van der Waals surface area (Å²) in [5.74, 6) is -0.895. The van der Waals surface area contributed by atoms with E-state index in [9.17, 15) is 14.4 Å². The van der Waals surface area contributed by atoms with E-state index < -0.39 is 35.7 Å². The summed E-state index contributed by atoms with van der Waals surface area (Å²) in [6.45, 7) is 7.39. The Morgan fingerprint density at radius 3 is 2.36 bits per heavy atom. The molecule has 1 amide bonds. The molecule has 0 spiro atoms. The van der Waals surface area contributed by atoms with Crippen LogP contribution in [0.4, 0.5) is 4.79 Å². The van der Waals surface area contributed by atoms with Gasteiger partial charge in [0.1, 0.15) is 18.2 Å². The standard InChI is InChI=1S/C21H29NO6/c1-5-26-18(23)13-16-11-12-17(19(24)28-21(2,3)4)22(16)20(25)27-14-15-9-7-6-8-10-15/h6-10,16-17H,5,11-14H2,1-4H3/t16-,17+/m1/s1. The van der Waals surface area contributed by atoms with Crippen LogP contribution in [0.15, 0.2) is 30.3 Å². The molecule has 2 atom stereocenters. The zero-order chi connectivity index (χ0) is 20.7. The second kappa shape index (κ2) is 9.57. The fourth-order valence-corrected chi connectivity index (χ4v) is 3.17. The van der Waals surface area contributed by atoms with Crippen molar-refractivity contribution in [2.75, 3.05) is 6.61 Å². The molecule has 7 heteroatoms. The maximum Gasteiger partial charge on any atom is 0.411 e. The van der Waals surface area contributed by atoms with Crippen molar-refractivity contribution in [3.63, 3.8) is 0 Å². The van der Waals surface area contributed by atoms with E-state index in [2.05, 4.69) is 0 Å². The summed E-state index contributed by atoms with van der Waals surface area (Å²) in [5, 5.41) is 0. The van der Waals surface area contributed by atoms with E-state index >= 15 is 0 Å². The first-order valence-corrected chi connectivity index (χ1v) is 9.58. The lowest BCUT2D eigenvalue weighted by Crippen LogP contribution is -2.47. The van der Waals surface area contributed by atoms with Crippen molar-refractivity contribution in [2.45, 2.75) is 71.2 Å². The van der Waals surface area contributed by atoms with E-state index in [0.29, 0.717) is 12.8 Å². The minimum Gasteiger partial charge on any atom is -0.466 e. The third-order valence-electron chi connectivity index (χ3n) is 4.30. The van der Waals surface area contributed by atoms with Crippen LogP contribution in [0.5, 0.6) is 0 Å². The summed E-state index contributed by atoms with van der Waals surface area (Å²) in [4.78, 5) is 38.7. The van der Waals surface area contributed by atoms with Crippen LogP contribution in [0.3, 0.4) is 0 Å². The molecule has 154 valence electrons. The average molecular weight is 391 g/mol. The number of likely N-dealkylation sites (tertiary alicyclic amines) is 1. The van der Waals surface area contributed by atoms with Crippen LogP contribution in [0, 0.1) is 0 Å². The van der Waals surface area contributed by atoms with Gasteiger partial charge in [-0.2, -0.15) is 0 Å². The Balaban J connectivity index is 2.12. The Bertz CT molecular complexity index is 682. The Kier molecular flexibility index (Phi) is 7.43. The lowest BCUT2D eigenvalue weighted by Gasteiger charge is -2.30. The predicted octanol–water partition coefficient (Wildman–Crippen LogP) is 3.45. The molecule has 1 aromatic rings. The van der Waals surface area contributed by atoms with Gasteiger partial charge >= 0.3 is 18.0 Å². The first kappa shape index (κ1) is 21.7. The molecule has 1 fully saturated rings. The number of esters is 2. The van der Waals surface area contributed by atoms with E-state index in [1.54, 1.807) is 27.7 Å². The first-order chi connectivity index (χ1) is 13.2. The van der Waals surface area contributed by atoms with Gasteiger partial charge < -0.3 is 14.2 Å². The number of hydrogen-bond donors (Lipinski definition) is 0. The van der Waals surface area contributed by atoms with Crippen LogP contribution < -0.4 is 0 Å². The molecule has 0 N–H and O–H groups in total. The normalized spacial score (nSPS) is 19.2. The molecule has 0 aliphatic carbocycles. The molecule has 0 bridgehead atoms. The third-order valence-corrected chi connectivity index (χ3v) is 4.30. The minimum absolute atomic E-state index is 0.0214. The number of hydrogen-bond acceptors (Lipinski definition) is 6. The summed E-state index contributed by atoms with van der Waals surface area (Å²) in [7, 11) is 0. The molecule has 1 saturated heterocycles. The van der Waals surface area contributed by atoms with Gasteiger partial charge in [-0.05, 0) is 46.1 Å². The number of nitrogens with zero attached hydrogens (tertiary/aromatic N) is 1. The highest BCUT2D eigenvalue weighted by molar-refractivity contribution is 5.83. The molecule has 1 aliphatic rings. The highest BCUT2D eigenvalue weighted by Crippen LogP contribution is 2.30. The molecule has 0 aromatic heterocycles. The van der Waals surface area contributed by atoms with E-state index in [-0.39, 0.29) is 19.6 Å². The molecule has 2 rings (SSSR count). The second-order valence-corrected chi connectivity index (χ2v) is 7.74. The number of ether oxygens (including phenoxy) is 3. The number of carbonyl (C=O) groups is 3. The van der Waals surface area contributed by atoms with Crippen molar-refractivity contribution < 1.29 is 28.6 Å². The minimum atomic E-state index is -0.776. The number of benzene rings is 1. The van der Waals surface area contributed by atoms with Crippen molar-refractivity contribution >= 4 is 18.0 Å². The van der Waals surface area contributed by atoms with Gasteiger partial charge in [0.05, 0.1) is 13.0 Å². The van der Waals surface area contributed by atoms with Gasteiger partial charge in [0, 0.05) is 6.04 Å². The highest BCUT2D eigenvalue weighted by atomic mass is 16.6. The topological polar surface area (TPSA) is 82.1 Å². The van der Waals surface area contributed by atoms with Gasteiger partial charge in [-0.15, -0.1) is 0 Å². The van der Waals surface area contributed by atoms with E-state index in [1.165, 1.54) is 4.90 Å². The number of rotatable bonds is 6. The highest BCUT2D eigenvalue weighted by Gasteiger charge is 2.44. The summed E-state index contributed by atoms with van der Waals surface area (Å²) in [6, 6.07) is 8.04. The predicted molar refractivity (Wildman–Crippen MR) is 102 cm³/mol. The molecule has 0 saturated carbocycles. The number of carbonyl (C=O) groups excluding carboxylic acids is 3. The van der Waals surface area contributed by atoms with Crippen molar-refractivity contribution in [2.24, 2.45) is 0 Å². The van der Waals surface area contributed by atoms with Crippen LogP contribution in [-0.4, -0.2) is 47.2 Å². The van der Waals surface area contributed by atoms with Gasteiger partial charge in [0.2, 0.25) is 0 Å². The quantitative estimate of drug-likeness (QED) is 0.546. The average Bonchev–Trinajstić information content (AvgIpc) is 3.03. The Hall–Kier alpha value is -2.57. The summed E-state index contributed by atoms with van der Waals surface area (Å²) in [6.07, 6.45) is 0.308. The Labute approximate surface area is 165 Å². The maximum absolute atomic E-state index is 12.8. The summed E-state index contributed by atoms with van der Waals surface area (Å²) >= 11 is 0. The van der Waals surface area contributed by atoms with Crippen LogP contribution in [0.25, 0.3) is 0 Å². The third kappa shape index (κ3) is 6.25. The van der Waals surface area contributed by atoms with E-state index in [1.807, 2.05) is 30.3 Å². The van der Waals surface area contributed by atoms with Crippen molar-refractivity contribution in [1.29, 1.82) is 0 Å². The van der Waals surface area contributed by atoms with Crippen molar-refractivity contribution in [3.8, 4) is 0 Å². The van der Waals surface area contributed by atoms with Crippen LogP contribution in [0.1, 0.15) is 52.5 Å². The Morgan fingerprint density at radius 2 is 1.75 bits per heavy atom. The van der Waals surface area contributed by atoms with Gasteiger partial charge in [0.15, 0.2) is 0 Å².